The van der Waals surface area contributed by atoms with Crippen molar-refractivity contribution in [1.82, 2.24) is 10.2 Å². The SMILES string of the molecule is Cc1ccc(C(=O)Nc2cccnn2)cc1C#CCCO. The molecule has 1 amide bonds. The number of nitrogens with zero attached hydrogens (tertiary/aromatic N) is 2. The molecule has 0 aliphatic carbocycles. The van der Waals surface area contributed by atoms with Gasteiger partial charge in [-0.3, -0.25) is 4.79 Å². The van der Waals surface area contributed by atoms with E-state index in [1.54, 1.807) is 24.3 Å². The van der Waals surface area contributed by atoms with Crippen molar-refractivity contribution in [2.45, 2.75) is 13.3 Å². The van der Waals surface area contributed by atoms with Crippen molar-refractivity contribution in [2.75, 3.05) is 11.9 Å². The molecule has 1 aromatic heterocycles. The van der Waals surface area contributed by atoms with Gasteiger partial charge in [-0.1, -0.05) is 17.9 Å². The molecule has 106 valence electrons. The molecule has 2 N–H and O–H groups in total. The summed E-state index contributed by atoms with van der Waals surface area (Å²) < 4.78 is 0. The van der Waals surface area contributed by atoms with E-state index in [1.807, 2.05) is 13.0 Å². The number of aryl methyl sites for hydroxylation is 1. The van der Waals surface area contributed by atoms with E-state index in [1.165, 1.54) is 6.20 Å². The lowest BCUT2D eigenvalue weighted by Gasteiger charge is -2.05. The normalized spacial score (nSPS) is 9.62. The Morgan fingerprint density at radius 3 is 2.95 bits per heavy atom. The molecule has 0 unspecified atom stereocenters. The Bertz CT molecular complexity index is 688. The second-order valence-electron chi connectivity index (χ2n) is 4.37. The highest BCUT2D eigenvalue weighted by Gasteiger charge is 2.08. The molecule has 5 nitrogen and oxygen atoms in total. The van der Waals surface area contributed by atoms with Crippen LogP contribution < -0.4 is 5.32 Å². The summed E-state index contributed by atoms with van der Waals surface area (Å²) in [6, 6.07) is 8.67. The van der Waals surface area contributed by atoms with Gasteiger partial charge in [0.05, 0.1) is 6.61 Å². The van der Waals surface area contributed by atoms with E-state index in [0.717, 1.165) is 11.1 Å². The van der Waals surface area contributed by atoms with Crippen molar-refractivity contribution in [1.29, 1.82) is 0 Å². The van der Waals surface area contributed by atoms with E-state index in [2.05, 4.69) is 27.4 Å². The first-order valence-corrected chi connectivity index (χ1v) is 6.50. The van der Waals surface area contributed by atoms with Crippen molar-refractivity contribution < 1.29 is 9.90 Å². The van der Waals surface area contributed by atoms with Crippen LogP contribution in [0.4, 0.5) is 5.82 Å². The molecule has 0 fully saturated rings. The highest BCUT2D eigenvalue weighted by molar-refractivity contribution is 6.04. The average molecular weight is 281 g/mol. The number of benzene rings is 1. The first kappa shape index (κ1) is 14.7. The Kier molecular flexibility index (Phi) is 5.02. The molecule has 0 aliphatic heterocycles. The summed E-state index contributed by atoms with van der Waals surface area (Å²) in [6.45, 7) is 1.95. The summed E-state index contributed by atoms with van der Waals surface area (Å²) in [5.74, 6) is 5.94. The topological polar surface area (TPSA) is 75.1 Å². The van der Waals surface area contributed by atoms with Gasteiger partial charge >= 0.3 is 0 Å². The molecule has 0 spiro atoms. The zero-order valence-corrected chi connectivity index (χ0v) is 11.6. The zero-order chi connectivity index (χ0) is 15.1. The number of aliphatic hydroxyl groups is 1. The van der Waals surface area contributed by atoms with Crippen molar-refractivity contribution in [2.24, 2.45) is 0 Å². The van der Waals surface area contributed by atoms with Gasteiger partial charge in [-0.25, -0.2) is 0 Å². The number of amides is 1. The number of aliphatic hydroxyl groups excluding tert-OH is 1. The summed E-state index contributed by atoms with van der Waals surface area (Å²) in [5, 5.41) is 18.9. The van der Waals surface area contributed by atoms with Gasteiger partial charge in [-0.15, -0.1) is 5.10 Å². The lowest BCUT2D eigenvalue weighted by atomic mass is 10.0. The summed E-state index contributed by atoms with van der Waals surface area (Å²) >= 11 is 0. The van der Waals surface area contributed by atoms with E-state index in [-0.39, 0.29) is 12.5 Å². The Balaban J connectivity index is 2.19. The monoisotopic (exact) mass is 281 g/mol. The number of aromatic nitrogens is 2. The minimum atomic E-state index is -0.263. The van der Waals surface area contributed by atoms with Crippen LogP contribution in [-0.2, 0) is 0 Å². The molecule has 0 saturated carbocycles. The summed E-state index contributed by atoms with van der Waals surface area (Å²) in [6.07, 6.45) is 1.95. The number of carbonyl (C=O) groups is 1. The molecule has 2 aromatic rings. The highest BCUT2D eigenvalue weighted by Crippen LogP contribution is 2.12. The third kappa shape index (κ3) is 4.13. The molecule has 2 rings (SSSR count). The first-order valence-electron chi connectivity index (χ1n) is 6.50. The van der Waals surface area contributed by atoms with E-state index in [4.69, 9.17) is 5.11 Å². The number of carbonyl (C=O) groups excluding carboxylic acids is 1. The van der Waals surface area contributed by atoms with Crippen LogP contribution in [0, 0.1) is 18.8 Å². The number of anilines is 1. The Labute approximate surface area is 123 Å². The fourth-order valence-electron chi connectivity index (χ4n) is 1.67. The van der Waals surface area contributed by atoms with Gasteiger partial charge in [-0.05, 0) is 36.8 Å². The van der Waals surface area contributed by atoms with Gasteiger partial charge < -0.3 is 10.4 Å². The van der Waals surface area contributed by atoms with E-state index >= 15 is 0 Å². The highest BCUT2D eigenvalue weighted by atomic mass is 16.2. The van der Waals surface area contributed by atoms with Gasteiger partial charge in [0.15, 0.2) is 5.82 Å². The largest absolute Gasteiger partial charge is 0.395 e. The number of hydrogen-bond acceptors (Lipinski definition) is 4. The van der Waals surface area contributed by atoms with Crippen LogP contribution >= 0.6 is 0 Å². The van der Waals surface area contributed by atoms with Gasteiger partial charge in [0.1, 0.15) is 0 Å². The predicted octanol–water partition coefficient (Wildman–Crippen LogP) is 1.77. The second-order valence-corrected chi connectivity index (χ2v) is 4.37. The van der Waals surface area contributed by atoms with Crippen LogP contribution in [0.25, 0.3) is 0 Å². The van der Waals surface area contributed by atoms with E-state index in [0.29, 0.717) is 17.8 Å². The van der Waals surface area contributed by atoms with Crippen molar-refractivity contribution in [3.8, 4) is 11.8 Å². The van der Waals surface area contributed by atoms with Gasteiger partial charge in [0.25, 0.3) is 5.91 Å². The average Bonchev–Trinajstić information content (AvgIpc) is 2.50. The molecular formula is C16H15N3O2. The summed E-state index contributed by atoms with van der Waals surface area (Å²) in [5.41, 5.74) is 2.26. The van der Waals surface area contributed by atoms with Crippen LogP contribution in [0.2, 0.25) is 0 Å². The molecule has 21 heavy (non-hydrogen) atoms. The first-order chi connectivity index (χ1) is 10.2. The molecule has 0 bridgehead atoms. The van der Waals surface area contributed by atoms with Crippen LogP contribution in [0.5, 0.6) is 0 Å². The van der Waals surface area contributed by atoms with Crippen LogP contribution in [0.1, 0.15) is 27.9 Å². The minimum absolute atomic E-state index is 0.0267. The van der Waals surface area contributed by atoms with Crippen LogP contribution in [-0.4, -0.2) is 27.8 Å². The van der Waals surface area contributed by atoms with Gasteiger partial charge in [0, 0.05) is 23.7 Å². The maximum Gasteiger partial charge on any atom is 0.256 e. The Morgan fingerprint density at radius 2 is 2.24 bits per heavy atom. The fourth-order valence-corrected chi connectivity index (χ4v) is 1.67. The minimum Gasteiger partial charge on any atom is -0.395 e. The van der Waals surface area contributed by atoms with E-state index in [9.17, 15) is 4.79 Å². The molecule has 1 heterocycles. The Morgan fingerprint density at radius 1 is 1.38 bits per heavy atom. The maximum absolute atomic E-state index is 12.1. The molecule has 0 aliphatic rings. The molecule has 0 radical (unpaired) electrons. The number of rotatable bonds is 3. The molecule has 5 heteroatoms. The number of nitrogens with one attached hydrogen (secondary N) is 1. The van der Waals surface area contributed by atoms with Crippen molar-refractivity contribution >= 4 is 11.7 Å². The van der Waals surface area contributed by atoms with Gasteiger partial charge in [-0.2, -0.15) is 5.10 Å². The third-order valence-corrected chi connectivity index (χ3v) is 2.77. The van der Waals surface area contributed by atoms with Crippen LogP contribution in [0.15, 0.2) is 36.5 Å². The standard InChI is InChI=1S/C16H15N3O2/c1-12-7-8-14(11-13(12)5-2-3-10-20)16(21)18-15-6-4-9-17-19-15/h4,6-9,11,20H,3,10H2,1H3,(H,18,19,21). The third-order valence-electron chi connectivity index (χ3n) is 2.77. The maximum atomic E-state index is 12.1. The summed E-state index contributed by atoms with van der Waals surface area (Å²) in [7, 11) is 0. The smallest absolute Gasteiger partial charge is 0.256 e. The number of hydrogen-bond donors (Lipinski definition) is 2. The second kappa shape index (κ2) is 7.17. The molecular weight excluding hydrogens is 266 g/mol. The molecule has 0 atom stereocenters. The predicted molar refractivity (Wildman–Crippen MR) is 79.7 cm³/mol. The lowest BCUT2D eigenvalue weighted by molar-refractivity contribution is 0.102. The van der Waals surface area contributed by atoms with Crippen molar-refractivity contribution in [3.63, 3.8) is 0 Å². The van der Waals surface area contributed by atoms with E-state index < -0.39 is 0 Å². The Hall–Kier alpha value is -2.71. The fraction of sp³-hybridized carbons (Fsp3) is 0.188. The molecule has 0 saturated heterocycles. The van der Waals surface area contributed by atoms with Crippen molar-refractivity contribution in [3.05, 3.63) is 53.2 Å². The summed E-state index contributed by atoms with van der Waals surface area (Å²) in [4.78, 5) is 12.1. The van der Waals surface area contributed by atoms with Crippen LogP contribution in [0.3, 0.4) is 0 Å². The van der Waals surface area contributed by atoms with Gasteiger partial charge in [0.2, 0.25) is 0 Å². The zero-order valence-electron chi connectivity index (χ0n) is 11.6. The quantitative estimate of drug-likeness (QED) is 0.841. The molecule has 1 aromatic carbocycles. The lowest BCUT2D eigenvalue weighted by Crippen LogP contribution is -2.13.